The van der Waals surface area contributed by atoms with Crippen LogP contribution in [0, 0.1) is 0 Å². The van der Waals surface area contributed by atoms with Gasteiger partial charge in [-0.25, -0.2) is 8.42 Å². The molecule has 0 saturated carbocycles. The minimum Gasteiger partial charge on any atom is -0.747 e. The number of esters is 1. The summed E-state index contributed by atoms with van der Waals surface area (Å²) in [6, 6.07) is 0. The van der Waals surface area contributed by atoms with Crippen molar-refractivity contribution in [1.29, 1.82) is 0 Å². The Bertz CT molecular complexity index is 440. The van der Waals surface area contributed by atoms with E-state index in [1.54, 1.807) is 0 Å². The van der Waals surface area contributed by atoms with Crippen molar-refractivity contribution >= 4 is 16.1 Å². The second-order valence-electron chi connectivity index (χ2n) is 7.18. The number of hydrogen-bond acceptors (Lipinski definition) is 5. The number of unbranched alkanes of at least 4 members (excludes halogenated alkanes) is 12. The molecule has 0 aliphatic rings. The molecule has 0 aliphatic carbocycles. The molecule has 5 nitrogen and oxygen atoms in total. The summed E-state index contributed by atoms with van der Waals surface area (Å²) < 4.78 is 39.0. The fourth-order valence-electron chi connectivity index (χ4n) is 2.99. The van der Waals surface area contributed by atoms with Gasteiger partial charge in [-0.3, -0.25) is 4.79 Å². The Hall–Kier alpha value is 0.380. The van der Waals surface area contributed by atoms with Gasteiger partial charge in [0.2, 0.25) is 0 Å². The molecule has 0 fully saturated rings. The second kappa shape index (κ2) is 19.7. The molecule has 0 amide bonds. The molecule has 27 heavy (non-hydrogen) atoms. The molecule has 7 heteroatoms. The normalized spacial score (nSPS) is 12.4. The summed E-state index contributed by atoms with van der Waals surface area (Å²) in [7, 11) is -4.65. The van der Waals surface area contributed by atoms with Gasteiger partial charge in [-0.15, -0.1) is 0 Å². The third-order valence-electron chi connectivity index (χ3n) is 4.67. The second-order valence-corrected chi connectivity index (χ2v) is 8.73. The summed E-state index contributed by atoms with van der Waals surface area (Å²) in [5.41, 5.74) is 0. The van der Waals surface area contributed by atoms with E-state index in [1.807, 2.05) is 0 Å². The minimum atomic E-state index is -4.65. The molecule has 0 bridgehead atoms. The van der Waals surface area contributed by atoms with Crippen LogP contribution in [0.3, 0.4) is 0 Å². The SMILES string of the molecule is CCCCCCCCCCCCC(C(=O)OCCCCCC)S(=O)(=O)[O-].[Na+]. The average Bonchev–Trinajstić information content (AvgIpc) is 2.58. The van der Waals surface area contributed by atoms with Crippen LogP contribution in [0.25, 0.3) is 0 Å². The predicted molar refractivity (Wildman–Crippen MR) is 105 cm³/mol. The van der Waals surface area contributed by atoms with E-state index < -0.39 is 21.3 Å². The van der Waals surface area contributed by atoms with Crippen LogP contribution in [-0.2, 0) is 19.6 Å². The van der Waals surface area contributed by atoms with Crippen molar-refractivity contribution in [2.75, 3.05) is 6.61 Å². The Morgan fingerprint density at radius 1 is 0.778 bits per heavy atom. The third kappa shape index (κ3) is 18.2. The van der Waals surface area contributed by atoms with Gasteiger partial charge >= 0.3 is 35.5 Å². The van der Waals surface area contributed by atoms with Crippen molar-refractivity contribution in [1.82, 2.24) is 0 Å². The van der Waals surface area contributed by atoms with Crippen LogP contribution in [0.2, 0.25) is 0 Å². The van der Waals surface area contributed by atoms with E-state index in [9.17, 15) is 17.8 Å². The number of carbonyl (C=O) groups is 1. The smallest absolute Gasteiger partial charge is 0.747 e. The standard InChI is InChI=1S/C20H40O5S.Na/c1-3-5-7-9-10-11-12-13-14-15-17-19(26(22,23)24)20(21)25-18-16-8-6-4-2;/h19H,3-18H2,1-2H3,(H,22,23,24);/q;+1/p-1. The Labute approximate surface area is 189 Å². The van der Waals surface area contributed by atoms with Gasteiger partial charge in [0, 0.05) is 0 Å². The molecular formula is C20H39NaO5S. The topological polar surface area (TPSA) is 83.5 Å². The van der Waals surface area contributed by atoms with Crippen LogP contribution >= 0.6 is 0 Å². The molecule has 0 N–H and O–H groups in total. The van der Waals surface area contributed by atoms with Gasteiger partial charge < -0.3 is 9.29 Å². The summed E-state index contributed by atoms with van der Waals surface area (Å²) in [4.78, 5) is 11.9. The number of carbonyl (C=O) groups excluding carboxylic acids is 1. The van der Waals surface area contributed by atoms with Crippen LogP contribution in [0.4, 0.5) is 0 Å². The fourth-order valence-corrected chi connectivity index (χ4v) is 3.75. The van der Waals surface area contributed by atoms with Crippen molar-refractivity contribution in [3.63, 3.8) is 0 Å². The molecule has 0 rings (SSSR count). The van der Waals surface area contributed by atoms with Crippen LogP contribution < -0.4 is 29.6 Å². The Balaban J connectivity index is 0. The third-order valence-corrected chi connectivity index (χ3v) is 5.80. The summed E-state index contributed by atoms with van der Waals surface area (Å²) in [6.07, 6.45) is 15.0. The first-order valence-electron chi connectivity index (χ1n) is 10.5. The van der Waals surface area contributed by atoms with Crippen LogP contribution in [0.15, 0.2) is 0 Å². The van der Waals surface area contributed by atoms with E-state index in [0.29, 0.717) is 12.8 Å². The summed E-state index contributed by atoms with van der Waals surface area (Å²) >= 11 is 0. The minimum absolute atomic E-state index is 0. The Kier molecular flexibility index (Phi) is 21.6. The maximum Gasteiger partial charge on any atom is 1.00 e. The Morgan fingerprint density at radius 3 is 1.63 bits per heavy atom. The average molecular weight is 415 g/mol. The van der Waals surface area contributed by atoms with Gasteiger partial charge in [-0.1, -0.05) is 97.3 Å². The Morgan fingerprint density at radius 2 is 1.19 bits per heavy atom. The van der Waals surface area contributed by atoms with Gasteiger partial charge in [0.15, 0.2) is 0 Å². The van der Waals surface area contributed by atoms with Crippen molar-refractivity contribution < 1.29 is 52.1 Å². The van der Waals surface area contributed by atoms with Gasteiger partial charge in [0.1, 0.15) is 15.4 Å². The van der Waals surface area contributed by atoms with E-state index in [2.05, 4.69) is 13.8 Å². The molecular weight excluding hydrogens is 375 g/mol. The molecule has 0 aromatic carbocycles. The first kappa shape index (κ1) is 29.6. The van der Waals surface area contributed by atoms with Gasteiger partial charge in [-0.05, 0) is 12.8 Å². The van der Waals surface area contributed by atoms with Gasteiger partial charge in [0.25, 0.3) is 0 Å². The molecule has 0 aromatic rings. The maximum atomic E-state index is 11.9. The predicted octanol–water partition coefficient (Wildman–Crippen LogP) is 2.34. The molecule has 0 heterocycles. The van der Waals surface area contributed by atoms with Crippen molar-refractivity contribution in [2.24, 2.45) is 0 Å². The largest absolute Gasteiger partial charge is 1.00 e. The molecule has 0 saturated heterocycles. The van der Waals surface area contributed by atoms with E-state index in [4.69, 9.17) is 4.74 Å². The summed E-state index contributed by atoms with van der Waals surface area (Å²) in [6.45, 7) is 4.49. The summed E-state index contributed by atoms with van der Waals surface area (Å²) in [5, 5.41) is -1.54. The van der Waals surface area contributed by atoms with Crippen LogP contribution in [0.5, 0.6) is 0 Å². The molecule has 1 unspecified atom stereocenters. The number of ether oxygens (including phenoxy) is 1. The first-order chi connectivity index (χ1) is 12.4. The van der Waals surface area contributed by atoms with E-state index in [-0.39, 0.29) is 42.6 Å². The zero-order valence-electron chi connectivity index (χ0n) is 17.8. The van der Waals surface area contributed by atoms with Crippen LogP contribution in [-0.4, -0.2) is 30.8 Å². The van der Waals surface area contributed by atoms with Crippen molar-refractivity contribution in [3.05, 3.63) is 0 Å². The van der Waals surface area contributed by atoms with Gasteiger partial charge in [-0.2, -0.15) is 0 Å². The van der Waals surface area contributed by atoms with Crippen LogP contribution in [0.1, 0.15) is 110 Å². The molecule has 0 aromatic heterocycles. The van der Waals surface area contributed by atoms with Crippen molar-refractivity contribution in [2.45, 2.75) is 115 Å². The van der Waals surface area contributed by atoms with Gasteiger partial charge in [0.05, 0.1) is 6.61 Å². The zero-order valence-corrected chi connectivity index (χ0v) is 20.7. The summed E-state index contributed by atoms with van der Waals surface area (Å²) in [5.74, 6) is -0.868. The monoisotopic (exact) mass is 414 g/mol. The quantitative estimate of drug-likeness (QED) is 0.149. The molecule has 0 spiro atoms. The number of rotatable bonds is 18. The molecule has 1 atom stereocenters. The molecule has 156 valence electrons. The number of hydrogen-bond donors (Lipinski definition) is 0. The molecule has 0 aliphatic heterocycles. The van der Waals surface area contributed by atoms with E-state index in [0.717, 1.165) is 38.5 Å². The zero-order chi connectivity index (χ0) is 19.7. The maximum absolute atomic E-state index is 11.9. The molecule has 0 radical (unpaired) electrons. The van der Waals surface area contributed by atoms with E-state index >= 15 is 0 Å². The van der Waals surface area contributed by atoms with Crippen molar-refractivity contribution in [3.8, 4) is 0 Å². The fraction of sp³-hybridized carbons (Fsp3) is 0.950. The first-order valence-corrected chi connectivity index (χ1v) is 12.0. The van der Waals surface area contributed by atoms with E-state index in [1.165, 1.54) is 38.5 Å².